The number of piperidine rings is 1. The van der Waals surface area contributed by atoms with Gasteiger partial charge in [-0.3, -0.25) is 4.79 Å². The van der Waals surface area contributed by atoms with Crippen molar-refractivity contribution in [3.63, 3.8) is 0 Å². The standard InChI is InChI=1S/C18H26N2O2S/c1-4-22-17(21)15-6-5-11-20(12-15)18(23)19-16-9-7-14(8-10-16)13(2)3/h7-10,13,15H,4-6,11-12H2,1-3H3,(H,19,23)/t15-/m1/s1. The number of carbonyl (C=O) groups is 1. The molecule has 1 N–H and O–H groups in total. The van der Waals surface area contributed by atoms with E-state index in [1.807, 2.05) is 6.92 Å². The highest BCUT2D eigenvalue weighted by Gasteiger charge is 2.28. The molecule has 1 aliphatic heterocycles. The number of carbonyl (C=O) groups excluding carboxylic acids is 1. The van der Waals surface area contributed by atoms with Crippen molar-refractivity contribution in [2.24, 2.45) is 5.92 Å². The summed E-state index contributed by atoms with van der Waals surface area (Å²) >= 11 is 5.51. The summed E-state index contributed by atoms with van der Waals surface area (Å²) < 4.78 is 5.13. The van der Waals surface area contributed by atoms with Crippen molar-refractivity contribution in [2.75, 3.05) is 25.0 Å². The lowest BCUT2D eigenvalue weighted by atomic mass is 9.98. The molecule has 4 nitrogen and oxygen atoms in total. The van der Waals surface area contributed by atoms with E-state index < -0.39 is 0 Å². The molecule has 0 spiro atoms. The molecular weight excluding hydrogens is 308 g/mol. The Hall–Kier alpha value is -1.62. The molecule has 0 aromatic heterocycles. The van der Waals surface area contributed by atoms with Crippen molar-refractivity contribution < 1.29 is 9.53 Å². The number of nitrogens with one attached hydrogen (secondary N) is 1. The molecule has 1 aliphatic rings. The topological polar surface area (TPSA) is 41.6 Å². The van der Waals surface area contributed by atoms with Crippen LogP contribution in [0.2, 0.25) is 0 Å². The molecule has 0 amide bonds. The number of benzene rings is 1. The average molecular weight is 334 g/mol. The number of esters is 1. The van der Waals surface area contributed by atoms with E-state index in [0.717, 1.165) is 25.1 Å². The maximum absolute atomic E-state index is 11.9. The van der Waals surface area contributed by atoms with Gasteiger partial charge in [-0.05, 0) is 55.6 Å². The van der Waals surface area contributed by atoms with Crippen molar-refractivity contribution in [2.45, 2.75) is 39.5 Å². The Morgan fingerprint density at radius 2 is 2.09 bits per heavy atom. The number of likely N-dealkylation sites (tertiary alicyclic amines) is 1. The molecule has 23 heavy (non-hydrogen) atoms. The zero-order valence-electron chi connectivity index (χ0n) is 14.2. The van der Waals surface area contributed by atoms with Crippen LogP contribution in [0.5, 0.6) is 0 Å². The van der Waals surface area contributed by atoms with Crippen molar-refractivity contribution in [3.8, 4) is 0 Å². The summed E-state index contributed by atoms with van der Waals surface area (Å²) in [6.45, 7) is 8.14. The van der Waals surface area contributed by atoms with E-state index >= 15 is 0 Å². The van der Waals surface area contributed by atoms with Gasteiger partial charge in [-0.1, -0.05) is 26.0 Å². The van der Waals surface area contributed by atoms with Crippen molar-refractivity contribution >= 4 is 29.0 Å². The second kappa shape index (κ2) is 8.29. The quantitative estimate of drug-likeness (QED) is 0.670. The molecule has 1 fully saturated rings. The third-order valence-corrected chi connectivity index (χ3v) is 4.52. The molecule has 1 aromatic rings. The molecule has 0 aliphatic carbocycles. The minimum atomic E-state index is -0.110. The van der Waals surface area contributed by atoms with E-state index in [1.54, 1.807) is 0 Å². The summed E-state index contributed by atoms with van der Waals surface area (Å²) in [7, 11) is 0. The molecule has 5 heteroatoms. The van der Waals surface area contributed by atoms with Crippen LogP contribution >= 0.6 is 12.2 Å². The summed E-state index contributed by atoms with van der Waals surface area (Å²) in [5.74, 6) is 0.330. The fourth-order valence-corrected chi connectivity index (χ4v) is 3.05. The molecule has 0 saturated carbocycles. The van der Waals surface area contributed by atoms with Gasteiger partial charge in [-0.25, -0.2) is 0 Å². The molecule has 2 rings (SSSR count). The van der Waals surface area contributed by atoms with Gasteiger partial charge in [0.1, 0.15) is 0 Å². The van der Waals surface area contributed by atoms with Gasteiger partial charge in [-0.15, -0.1) is 0 Å². The third kappa shape index (κ3) is 4.93. The fourth-order valence-electron chi connectivity index (χ4n) is 2.77. The summed E-state index contributed by atoms with van der Waals surface area (Å²) in [6, 6.07) is 8.34. The number of rotatable bonds is 4. The number of hydrogen-bond acceptors (Lipinski definition) is 3. The zero-order chi connectivity index (χ0) is 16.8. The van der Waals surface area contributed by atoms with Gasteiger partial charge in [0.2, 0.25) is 0 Å². The van der Waals surface area contributed by atoms with Crippen LogP contribution in [0, 0.1) is 5.92 Å². The summed E-state index contributed by atoms with van der Waals surface area (Å²) in [6.07, 6.45) is 1.83. The van der Waals surface area contributed by atoms with Gasteiger partial charge in [0, 0.05) is 18.8 Å². The Kier molecular flexibility index (Phi) is 6.39. The van der Waals surface area contributed by atoms with Crippen LogP contribution < -0.4 is 5.32 Å². The highest BCUT2D eigenvalue weighted by Crippen LogP contribution is 2.20. The van der Waals surface area contributed by atoms with Crippen molar-refractivity contribution in [3.05, 3.63) is 29.8 Å². The summed E-state index contributed by atoms with van der Waals surface area (Å²) in [5.41, 5.74) is 2.29. The predicted octanol–water partition coefficient (Wildman–Crippen LogP) is 3.78. The number of nitrogens with zero attached hydrogens (tertiary/aromatic N) is 1. The minimum Gasteiger partial charge on any atom is -0.466 e. The van der Waals surface area contributed by atoms with Crippen molar-refractivity contribution in [1.29, 1.82) is 0 Å². The molecular formula is C18H26N2O2S. The Balaban J connectivity index is 1.93. The van der Waals surface area contributed by atoms with Crippen LogP contribution in [-0.4, -0.2) is 35.7 Å². The molecule has 126 valence electrons. The molecule has 1 aromatic carbocycles. The number of hydrogen-bond donors (Lipinski definition) is 1. The first-order chi connectivity index (χ1) is 11.0. The van der Waals surface area contributed by atoms with E-state index in [9.17, 15) is 4.79 Å². The second-order valence-electron chi connectivity index (χ2n) is 6.24. The SMILES string of the molecule is CCOC(=O)[C@@H]1CCCN(C(=S)Nc2ccc(C(C)C)cc2)C1. The van der Waals surface area contributed by atoms with Gasteiger partial charge < -0.3 is 15.0 Å². The predicted molar refractivity (Wildman–Crippen MR) is 97.7 cm³/mol. The Morgan fingerprint density at radius 1 is 1.39 bits per heavy atom. The van der Waals surface area contributed by atoms with Gasteiger partial charge in [-0.2, -0.15) is 0 Å². The van der Waals surface area contributed by atoms with Gasteiger partial charge in [0.25, 0.3) is 0 Å². The molecule has 1 saturated heterocycles. The van der Waals surface area contributed by atoms with E-state index in [-0.39, 0.29) is 11.9 Å². The Labute approximate surface area is 144 Å². The smallest absolute Gasteiger partial charge is 0.310 e. The lowest BCUT2D eigenvalue weighted by molar-refractivity contribution is -0.149. The monoisotopic (exact) mass is 334 g/mol. The molecule has 1 heterocycles. The second-order valence-corrected chi connectivity index (χ2v) is 6.63. The van der Waals surface area contributed by atoms with Crippen LogP contribution in [0.3, 0.4) is 0 Å². The maximum Gasteiger partial charge on any atom is 0.310 e. The van der Waals surface area contributed by atoms with Crippen LogP contribution in [0.4, 0.5) is 5.69 Å². The maximum atomic E-state index is 11.9. The van der Waals surface area contributed by atoms with E-state index in [2.05, 4.69) is 48.3 Å². The first kappa shape index (κ1) is 17.7. The Morgan fingerprint density at radius 3 is 2.70 bits per heavy atom. The van der Waals surface area contributed by atoms with E-state index in [0.29, 0.717) is 24.2 Å². The highest BCUT2D eigenvalue weighted by atomic mass is 32.1. The van der Waals surface area contributed by atoms with E-state index in [1.165, 1.54) is 5.56 Å². The largest absolute Gasteiger partial charge is 0.466 e. The molecule has 0 bridgehead atoms. The van der Waals surface area contributed by atoms with Crippen LogP contribution in [0.25, 0.3) is 0 Å². The first-order valence-corrected chi connectivity index (χ1v) is 8.74. The van der Waals surface area contributed by atoms with Gasteiger partial charge >= 0.3 is 5.97 Å². The lowest BCUT2D eigenvalue weighted by Crippen LogP contribution is -2.44. The van der Waals surface area contributed by atoms with Crippen LogP contribution in [-0.2, 0) is 9.53 Å². The zero-order valence-corrected chi connectivity index (χ0v) is 15.0. The molecule has 0 unspecified atom stereocenters. The summed E-state index contributed by atoms with van der Waals surface area (Å²) in [5, 5.41) is 3.95. The van der Waals surface area contributed by atoms with Crippen molar-refractivity contribution in [1.82, 2.24) is 4.90 Å². The average Bonchev–Trinajstić information content (AvgIpc) is 2.55. The van der Waals surface area contributed by atoms with Crippen LogP contribution in [0.1, 0.15) is 45.1 Å². The lowest BCUT2D eigenvalue weighted by Gasteiger charge is -2.33. The fraction of sp³-hybridized carbons (Fsp3) is 0.556. The normalized spacial score (nSPS) is 17.9. The van der Waals surface area contributed by atoms with Gasteiger partial charge in [0.15, 0.2) is 5.11 Å². The number of ether oxygens (including phenoxy) is 1. The Bertz CT molecular complexity index is 542. The van der Waals surface area contributed by atoms with Crippen LogP contribution in [0.15, 0.2) is 24.3 Å². The third-order valence-electron chi connectivity index (χ3n) is 4.16. The molecule has 0 radical (unpaired) electrons. The first-order valence-electron chi connectivity index (χ1n) is 8.33. The minimum absolute atomic E-state index is 0.0771. The number of thiocarbonyl (C=S) groups is 1. The molecule has 1 atom stereocenters. The van der Waals surface area contributed by atoms with Gasteiger partial charge in [0.05, 0.1) is 12.5 Å². The van der Waals surface area contributed by atoms with E-state index in [4.69, 9.17) is 17.0 Å². The number of anilines is 1. The highest BCUT2D eigenvalue weighted by molar-refractivity contribution is 7.80. The summed E-state index contributed by atoms with van der Waals surface area (Å²) in [4.78, 5) is 14.0.